The number of piperidine rings is 1. The lowest BCUT2D eigenvalue weighted by Gasteiger charge is -2.31. The fourth-order valence-corrected chi connectivity index (χ4v) is 4.13. The van der Waals surface area contributed by atoms with Crippen LogP contribution in [0.1, 0.15) is 65.8 Å². The Bertz CT molecular complexity index is 884. The van der Waals surface area contributed by atoms with Crippen molar-refractivity contribution in [3.8, 4) is 0 Å². The number of pyridine rings is 1. The molecule has 0 aliphatic carbocycles. The van der Waals surface area contributed by atoms with Gasteiger partial charge in [-0.1, -0.05) is 5.16 Å². The Balaban J connectivity index is 1.21. The summed E-state index contributed by atoms with van der Waals surface area (Å²) < 4.78 is 10.6. The fourth-order valence-electron chi connectivity index (χ4n) is 4.13. The lowest BCUT2D eigenvalue weighted by Crippen LogP contribution is -2.38. The van der Waals surface area contributed by atoms with Gasteiger partial charge in [0.2, 0.25) is 11.8 Å². The van der Waals surface area contributed by atoms with E-state index in [-0.39, 0.29) is 17.9 Å². The summed E-state index contributed by atoms with van der Waals surface area (Å²) in [6.07, 6.45) is 6.39. The Labute approximate surface area is 181 Å². The van der Waals surface area contributed by atoms with Gasteiger partial charge in [0, 0.05) is 56.9 Å². The summed E-state index contributed by atoms with van der Waals surface area (Å²) in [5, 5.41) is 6.67. The van der Waals surface area contributed by atoms with E-state index in [0.29, 0.717) is 55.7 Å². The van der Waals surface area contributed by atoms with Crippen LogP contribution in [0.2, 0.25) is 0 Å². The molecule has 2 saturated heterocycles. The van der Waals surface area contributed by atoms with E-state index in [1.807, 2.05) is 17.0 Å². The molecule has 2 aromatic rings. The van der Waals surface area contributed by atoms with Gasteiger partial charge >= 0.3 is 0 Å². The molecular formula is C22H29N5O4. The number of nitrogens with one attached hydrogen (secondary N) is 1. The van der Waals surface area contributed by atoms with Crippen molar-refractivity contribution in [2.75, 3.05) is 26.2 Å². The molecule has 4 heterocycles. The van der Waals surface area contributed by atoms with Gasteiger partial charge in [-0.2, -0.15) is 4.98 Å². The first kappa shape index (κ1) is 21.4. The highest BCUT2D eigenvalue weighted by molar-refractivity contribution is 5.93. The second-order valence-electron chi connectivity index (χ2n) is 8.21. The zero-order valence-electron chi connectivity index (χ0n) is 17.9. The highest BCUT2D eigenvalue weighted by Gasteiger charge is 2.25. The van der Waals surface area contributed by atoms with E-state index in [1.165, 1.54) is 0 Å². The summed E-state index contributed by atoms with van der Waals surface area (Å²) in [5.74, 6) is 1.38. The average molecular weight is 428 g/mol. The molecule has 0 saturated carbocycles. The van der Waals surface area contributed by atoms with Crippen molar-refractivity contribution in [2.24, 2.45) is 0 Å². The molecule has 9 heteroatoms. The minimum Gasteiger partial charge on any atom is -0.376 e. The van der Waals surface area contributed by atoms with Crippen molar-refractivity contribution in [3.05, 3.63) is 41.3 Å². The standard InChI is InChI=1S/C22H29N5O4/c1-15-25-20(31-26-15)6-7-21(28)27-10-8-16(9-11-27)19-5-4-17(13-23-19)22(29)24-14-18-3-2-12-30-18/h4-5,13,16,18H,2-3,6-12,14H2,1H3,(H,24,29)/t18-/m1/s1. The van der Waals surface area contributed by atoms with Gasteiger partial charge in [-0.25, -0.2) is 0 Å². The number of carbonyl (C=O) groups excluding carboxylic acids is 2. The first-order valence-electron chi connectivity index (χ1n) is 11.0. The minimum atomic E-state index is -0.119. The van der Waals surface area contributed by atoms with Crippen molar-refractivity contribution in [1.82, 2.24) is 25.3 Å². The Morgan fingerprint density at radius 2 is 2.06 bits per heavy atom. The number of nitrogens with zero attached hydrogens (tertiary/aromatic N) is 4. The third-order valence-electron chi connectivity index (χ3n) is 5.95. The monoisotopic (exact) mass is 427 g/mol. The predicted molar refractivity (Wildman–Crippen MR) is 111 cm³/mol. The van der Waals surface area contributed by atoms with Crippen LogP contribution in [0.15, 0.2) is 22.9 Å². The molecule has 166 valence electrons. The fraction of sp³-hybridized carbons (Fsp3) is 0.591. The first-order chi connectivity index (χ1) is 15.1. The molecule has 2 fully saturated rings. The predicted octanol–water partition coefficient (Wildman–Crippen LogP) is 2.02. The van der Waals surface area contributed by atoms with Crippen molar-refractivity contribution in [1.29, 1.82) is 0 Å². The van der Waals surface area contributed by atoms with Crippen molar-refractivity contribution >= 4 is 11.8 Å². The van der Waals surface area contributed by atoms with Crippen LogP contribution >= 0.6 is 0 Å². The molecule has 2 aliphatic heterocycles. The van der Waals surface area contributed by atoms with Crippen LogP contribution in [0, 0.1) is 6.92 Å². The van der Waals surface area contributed by atoms with Crippen LogP contribution in [0.3, 0.4) is 0 Å². The molecule has 4 rings (SSSR count). The highest BCUT2D eigenvalue weighted by Crippen LogP contribution is 2.27. The summed E-state index contributed by atoms with van der Waals surface area (Å²) in [7, 11) is 0. The second-order valence-corrected chi connectivity index (χ2v) is 8.21. The normalized spacial score (nSPS) is 19.5. The van der Waals surface area contributed by atoms with Gasteiger partial charge in [-0.15, -0.1) is 0 Å². The molecule has 1 atom stereocenters. The summed E-state index contributed by atoms with van der Waals surface area (Å²) in [5.41, 5.74) is 1.54. The molecule has 2 aromatic heterocycles. The van der Waals surface area contributed by atoms with Gasteiger partial charge in [-0.3, -0.25) is 14.6 Å². The number of carbonyl (C=O) groups is 2. The molecule has 0 aromatic carbocycles. The molecule has 0 bridgehead atoms. The topological polar surface area (TPSA) is 110 Å². The van der Waals surface area contributed by atoms with Gasteiger partial charge in [0.15, 0.2) is 5.82 Å². The van der Waals surface area contributed by atoms with Crippen LogP contribution in [0.4, 0.5) is 0 Å². The third kappa shape index (κ3) is 5.66. The summed E-state index contributed by atoms with van der Waals surface area (Å²) in [6.45, 7) is 4.49. The number of ether oxygens (including phenoxy) is 1. The molecule has 1 N–H and O–H groups in total. The van der Waals surface area contributed by atoms with Crippen LogP contribution in [-0.4, -0.2) is 64.2 Å². The van der Waals surface area contributed by atoms with E-state index in [1.54, 1.807) is 13.1 Å². The van der Waals surface area contributed by atoms with Crippen LogP contribution in [0.25, 0.3) is 0 Å². The maximum atomic E-state index is 12.5. The highest BCUT2D eigenvalue weighted by atomic mass is 16.5. The van der Waals surface area contributed by atoms with Gasteiger partial charge in [0.1, 0.15) is 0 Å². The number of aryl methyl sites for hydroxylation is 2. The molecule has 31 heavy (non-hydrogen) atoms. The van der Waals surface area contributed by atoms with E-state index in [2.05, 4.69) is 20.4 Å². The van der Waals surface area contributed by atoms with Crippen molar-refractivity contribution < 1.29 is 18.8 Å². The second kappa shape index (κ2) is 10.00. The minimum absolute atomic E-state index is 0.112. The maximum Gasteiger partial charge on any atom is 0.252 e. The number of hydrogen-bond acceptors (Lipinski definition) is 7. The SMILES string of the molecule is Cc1noc(CCC(=O)N2CCC(c3ccc(C(=O)NC[C@H]4CCCO4)cn3)CC2)n1. The summed E-state index contributed by atoms with van der Waals surface area (Å²) in [6, 6.07) is 3.76. The molecular weight excluding hydrogens is 398 g/mol. The average Bonchev–Trinajstić information content (AvgIpc) is 3.48. The van der Waals surface area contributed by atoms with Crippen molar-refractivity contribution in [3.63, 3.8) is 0 Å². The Morgan fingerprint density at radius 1 is 1.23 bits per heavy atom. The number of likely N-dealkylation sites (tertiary alicyclic amines) is 1. The van der Waals surface area contributed by atoms with Gasteiger partial charge in [0.05, 0.1) is 11.7 Å². The summed E-state index contributed by atoms with van der Waals surface area (Å²) >= 11 is 0. The van der Waals surface area contributed by atoms with Gasteiger partial charge in [-0.05, 0) is 44.7 Å². The number of amides is 2. The quantitative estimate of drug-likeness (QED) is 0.720. The van der Waals surface area contributed by atoms with Crippen LogP contribution in [-0.2, 0) is 16.0 Å². The molecule has 0 spiro atoms. The Kier molecular flexibility index (Phi) is 6.91. The summed E-state index contributed by atoms with van der Waals surface area (Å²) in [4.78, 5) is 35.3. The molecule has 2 aliphatic rings. The van der Waals surface area contributed by atoms with Gasteiger partial charge in [0.25, 0.3) is 5.91 Å². The maximum absolute atomic E-state index is 12.5. The Hall–Kier alpha value is -2.81. The number of rotatable bonds is 7. The van der Waals surface area contributed by atoms with E-state index in [4.69, 9.17) is 9.26 Å². The third-order valence-corrected chi connectivity index (χ3v) is 5.95. The largest absolute Gasteiger partial charge is 0.376 e. The zero-order chi connectivity index (χ0) is 21.6. The van der Waals surface area contributed by atoms with Crippen molar-refractivity contribution in [2.45, 2.75) is 57.5 Å². The lowest BCUT2D eigenvalue weighted by atomic mass is 9.92. The van der Waals surface area contributed by atoms with Crippen LogP contribution < -0.4 is 5.32 Å². The smallest absolute Gasteiger partial charge is 0.252 e. The molecule has 0 radical (unpaired) electrons. The van der Waals surface area contributed by atoms with E-state index < -0.39 is 0 Å². The molecule has 2 amide bonds. The van der Waals surface area contributed by atoms with E-state index in [0.717, 1.165) is 38.0 Å². The Morgan fingerprint density at radius 3 is 2.71 bits per heavy atom. The number of aromatic nitrogens is 3. The van der Waals surface area contributed by atoms with Gasteiger partial charge < -0.3 is 19.5 Å². The lowest BCUT2D eigenvalue weighted by molar-refractivity contribution is -0.132. The van der Waals surface area contributed by atoms with E-state index in [9.17, 15) is 9.59 Å². The van der Waals surface area contributed by atoms with E-state index >= 15 is 0 Å². The zero-order valence-corrected chi connectivity index (χ0v) is 17.9. The first-order valence-corrected chi connectivity index (χ1v) is 11.0. The molecule has 0 unspecified atom stereocenters. The number of hydrogen-bond donors (Lipinski definition) is 1. The van der Waals surface area contributed by atoms with Crippen LogP contribution in [0.5, 0.6) is 0 Å². The molecule has 9 nitrogen and oxygen atoms in total.